The second-order valence-electron chi connectivity index (χ2n) is 4.52. The minimum Gasteiger partial charge on any atom is -0.491 e. The van der Waals surface area contributed by atoms with Crippen molar-refractivity contribution < 1.29 is 9.84 Å². The molecule has 4 heteroatoms. The zero-order chi connectivity index (χ0) is 13.1. The first-order valence-electron chi connectivity index (χ1n) is 6.39. The van der Waals surface area contributed by atoms with E-state index in [0.717, 1.165) is 35.8 Å². The van der Waals surface area contributed by atoms with E-state index in [0.29, 0.717) is 6.61 Å². The summed E-state index contributed by atoms with van der Waals surface area (Å²) < 4.78 is 5.74. The number of hydrogen-bond donors (Lipinski definition) is 1. The molecule has 0 atom stereocenters. The van der Waals surface area contributed by atoms with Crippen LogP contribution in [0.4, 0.5) is 5.82 Å². The SMILES string of the molecule is OCc1cccnc1N1CCOc2ccccc2C1. The molecule has 1 N–H and O–H groups in total. The largest absolute Gasteiger partial charge is 0.491 e. The van der Waals surface area contributed by atoms with Gasteiger partial charge in [0.1, 0.15) is 18.2 Å². The van der Waals surface area contributed by atoms with Crippen molar-refractivity contribution in [3.63, 3.8) is 0 Å². The van der Waals surface area contributed by atoms with Crippen LogP contribution >= 0.6 is 0 Å². The molecule has 98 valence electrons. The third kappa shape index (κ3) is 2.39. The molecule has 0 saturated heterocycles. The molecule has 0 fully saturated rings. The van der Waals surface area contributed by atoms with E-state index in [-0.39, 0.29) is 6.61 Å². The van der Waals surface area contributed by atoms with Gasteiger partial charge in [-0.3, -0.25) is 0 Å². The molecular formula is C15H16N2O2. The van der Waals surface area contributed by atoms with Crippen LogP contribution in [0, 0.1) is 0 Å². The van der Waals surface area contributed by atoms with Crippen molar-refractivity contribution in [2.75, 3.05) is 18.1 Å². The number of ether oxygens (including phenoxy) is 1. The number of para-hydroxylation sites is 1. The van der Waals surface area contributed by atoms with Crippen molar-refractivity contribution in [3.8, 4) is 5.75 Å². The minimum absolute atomic E-state index is 0.00216. The zero-order valence-corrected chi connectivity index (χ0v) is 10.6. The number of aliphatic hydroxyl groups excluding tert-OH is 1. The number of rotatable bonds is 2. The Labute approximate surface area is 112 Å². The molecule has 0 bridgehead atoms. The summed E-state index contributed by atoms with van der Waals surface area (Å²) in [6, 6.07) is 11.8. The van der Waals surface area contributed by atoms with Crippen LogP contribution in [-0.2, 0) is 13.2 Å². The Morgan fingerprint density at radius 3 is 3.00 bits per heavy atom. The van der Waals surface area contributed by atoms with Crippen LogP contribution in [0.3, 0.4) is 0 Å². The van der Waals surface area contributed by atoms with Gasteiger partial charge in [-0.05, 0) is 12.1 Å². The third-order valence-corrected chi connectivity index (χ3v) is 3.29. The first-order valence-corrected chi connectivity index (χ1v) is 6.39. The van der Waals surface area contributed by atoms with Crippen molar-refractivity contribution in [1.82, 2.24) is 4.98 Å². The summed E-state index contributed by atoms with van der Waals surface area (Å²) in [7, 11) is 0. The highest BCUT2D eigenvalue weighted by Crippen LogP contribution is 2.26. The number of aromatic nitrogens is 1. The average Bonchev–Trinajstić information content (AvgIpc) is 2.69. The van der Waals surface area contributed by atoms with E-state index in [9.17, 15) is 5.11 Å². The van der Waals surface area contributed by atoms with Crippen LogP contribution in [0.15, 0.2) is 42.6 Å². The van der Waals surface area contributed by atoms with Crippen LogP contribution in [0.1, 0.15) is 11.1 Å². The number of fused-ring (bicyclic) bond motifs is 1. The van der Waals surface area contributed by atoms with Crippen LogP contribution in [-0.4, -0.2) is 23.2 Å². The Bertz CT molecular complexity index is 572. The summed E-state index contributed by atoms with van der Waals surface area (Å²) in [4.78, 5) is 6.55. The lowest BCUT2D eigenvalue weighted by atomic mass is 10.2. The molecule has 0 unspecified atom stereocenters. The molecule has 1 aliphatic heterocycles. The summed E-state index contributed by atoms with van der Waals surface area (Å²) in [5.41, 5.74) is 2.00. The lowest BCUT2D eigenvalue weighted by Crippen LogP contribution is -2.27. The standard InChI is InChI=1S/C15H16N2O2/c18-11-13-5-3-7-16-15(13)17-8-9-19-14-6-2-1-4-12(14)10-17/h1-7,18H,8-11H2. The van der Waals surface area contributed by atoms with E-state index in [2.05, 4.69) is 16.0 Å². The first kappa shape index (κ1) is 12.0. The van der Waals surface area contributed by atoms with E-state index >= 15 is 0 Å². The van der Waals surface area contributed by atoms with Crippen molar-refractivity contribution in [2.24, 2.45) is 0 Å². The number of anilines is 1. The Morgan fingerprint density at radius 2 is 2.11 bits per heavy atom. The minimum atomic E-state index is 0.00216. The lowest BCUT2D eigenvalue weighted by molar-refractivity contribution is 0.281. The Balaban J connectivity index is 1.94. The van der Waals surface area contributed by atoms with E-state index in [1.54, 1.807) is 6.20 Å². The zero-order valence-electron chi connectivity index (χ0n) is 10.6. The monoisotopic (exact) mass is 256 g/mol. The van der Waals surface area contributed by atoms with E-state index in [1.807, 2.05) is 30.3 Å². The summed E-state index contributed by atoms with van der Waals surface area (Å²) in [6.45, 7) is 2.14. The third-order valence-electron chi connectivity index (χ3n) is 3.29. The fraction of sp³-hybridized carbons (Fsp3) is 0.267. The summed E-state index contributed by atoms with van der Waals surface area (Å²) in [6.07, 6.45) is 1.76. The molecule has 2 aromatic rings. The molecule has 0 amide bonds. The van der Waals surface area contributed by atoms with Gasteiger partial charge in [-0.25, -0.2) is 4.98 Å². The molecule has 1 aromatic heterocycles. The van der Waals surface area contributed by atoms with Gasteiger partial charge in [0.25, 0.3) is 0 Å². The Morgan fingerprint density at radius 1 is 1.21 bits per heavy atom. The van der Waals surface area contributed by atoms with Gasteiger partial charge < -0.3 is 14.7 Å². The summed E-state index contributed by atoms with van der Waals surface area (Å²) in [5, 5.41) is 9.42. The van der Waals surface area contributed by atoms with Crippen LogP contribution in [0.2, 0.25) is 0 Å². The predicted molar refractivity (Wildman–Crippen MR) is 73.1 cm³/mol. The fourth-order valence-electron chi connectivity index (χ4n) is 2.34. The topological polar surface area (TPSA) is 45.6 Å². The second kappa shape index (κ2) is 5.28. The van der Waals surface area contributed by atoms with E-state index in [1.165, 1.54) is 0 Å². The highest BCUT2D eigenvalue weighted by Gasteiger charge is 2.18. The van der Waals surface area contributed by atoms with E-state index < -0.39 is 0 Å². The molecule has 0 spiro atoms. The van der Waals surface area contributed by atoms with Gasteiger partial charge in [-0.1, -0.05) is 24.3 Å². The molecule has 3 rings (SSSR count). The van der Waals surface area contributed by atoms with Crippen LogP contribution < -0.4 is 9.64 Å². The van der Waals surface area contributed by atoms with Crippen molar-refractivity contribution in [1.29, 1.82) is 0 Å². The first-order chi connectivity index (χ1) is 9.38. The van der Waals surface area contributed by atoms with Gasteiger partial charge in [0.2, 0.25) is 0 Å². The predicted octanol–water partition coefficient (Wildman–Crippen LogP) is 1.97. The van der Waals surface area contributed by atoms with Crippen molar-refractivity contribution >= 4 is 5.82 Å². The van der Waals surface area contributed by atoms with Crippen molar-refractivity contribution in [2.45, 2.75) is 13.2 Å². The van der Waals surface area contributed by atoms with Crippen LogP contribution in [0.25, 0.3) is 0 Å². The number of nitrogens with zero attached hydrogens (tertiary/aromatic N) is 2. The van der Waals surface area contributed by atoms with Gasteiger partial charge in [-0.15, -0.1) is 0 Å². The maximum atomic E-state index is 9.42. The number of hydrogen-bond acceptors (Lipinski definition) is 4. The number of aliphatic hydroxyl groups is 1. The summed E-state index contributed by atoms with van der Waals surface area (Å²) in [5.74, 6) is 1.77. The summed E-state index contributed by atoms with van der Waals surface area (Å²) >= 11 is 0. The molecule has 1 aliphatic rings. The Hall–Kier alpha value is -2.07. The highest BCUT2D eigenvalue weighted by atomic mass is 16.5. The molecular weight excluding hydrogens is 240 g/mol. The lowest BCUT2D eigenvalue weighted by Gasteiger charge is -2.22. The smallest absolute Gasteiger partial charge is 0.134 e. The quantitative estimate of drug-likeness (QED) is 0.892. The van der Waals surface area contributed by atoms with Gasteiger partial charge >= 0.3 is 0 Å². The number of pyridine rings is 1. The number of benzene rings is 1. The van der Waals surface area contributed by atoms with E-state index in [4.69, 9.17) is 4.74 Å². The molecule has 0 saturated carbocycles. The highest BCUT2D eigenvalue weighted by molar-refractivity contribution is 5.49. The maximum absolute atomic E-state index is 9.42. The maximum Gasteiger partial charge on any atom is 0.134 e. The molecule has 19 heavy (non-hydrogen) atoms. The molecule has 4 nitrogen and oxygen atoms in total. The van der Waals surface area contributed by atoms with Crippen LogP contribution in [0.5, 0.6) is 5.75 Å². The molecule has 1 aromatic carbocycles. The molecule has 0 radical (unpaired) electrons. The molecule has 2 heterocycles. The molecule has 0 aliphatic carbocycles. The Kier molecular flexibility index (Phi) is 3.33. The normalized spacial score (nSPS) is 14.5. The average molecular weight is 256 g/mol. The van der Waals surface area contributed by atoms with Gasteiger partial charge in [-0.2, -0.15) is 0 Å². The van der Waals surface area contributed by atoms with Gasteiger partial charge in [0.15, 0.2) is 0 Å². The van der Waals surface area contributed by atoms with Crippen molar-refractivity contribution in [3.05, 3.63) is 53.7 Å². The fourth-order valence-corrected chi connectivity index (χ4v) is 2.34. The second-order valence-corrected chi connectivity index (χ2v) is 4.52. The van der Waals surface area contributed by atoms with Gasteiger partial charge in [0, 0.05) is 23.9 Å². The van der Waals surface area contributed by atoms with Gasteiger partial charge in [0.05, 0.1) is 13.2 Å².